The van der Waals surface area contributed by atoms with Crippen LogP contribution in [0.25, 0.3) is 0 Å². The van der Waals surface area contributed by atoms with Crippen LogP contribution in [0.15, 0.2) is 42.6 Å². The van der Waals surface area contributed by atoms with Crippen molar-refractivity contribution in [1.82, 2.24) is 14.9 Å². The van der Waals surface area contributed by atoms with Gasteiger partial charge in [0.15, 0.2) is 0 Å². The summed E-state index contributed by atoms with van der Waals surface area (Å²) in [5.74, 6) is 1.86. The number of piperazine rings is 1. The molecule has 0 spiro atoms. The average Bonchev–Trinajstić information content (AvgIpc) is 2.56. The Morgan fingerprint density at radius 3 is 2.52 bits per heavy atom. The smallest absolute Gasteiger partial charge is 0.135 e. The second kappa shape index (κ2) is 7.53. The van der Waals surface area contributed by atoms with Crippen molar-refractivity contribution in [2.45, 2.75) is 19.4 Å². The molecule has 1 atom stereocenters. The molecular weight excluding hydrogens is 288 g/mol. The Morgan fingerprint density at radius 2 is 1.83 bits per heavy atom. The minimum atomic E-state index is -0.266. The van der Waals surface area contributed by atoms with Crippen LogP contribution in [0.4, 0.5) is 5.82 Å². The summed E-state index contributed by atoms with van der Waals surface area (Å²) in [4.78, 5) is 13.7. The lowest BCUT2D eigenvalue weighted by atomic mass is 10.1. The van der Waals surface area contributed by atoms with Crippen LogP contribution in [0.5, 0.6) is 0 Å². The normalized spacial score (nSPS) is 17.2. The van der Waals surface area contributed by atoms with E-state index in [-0.39, 0.29) is 6.10 Å². The molecule has 23 heavy (non-hydrogen) atoms. The van der Waals surface area contributed by atoms with Crippen LogP contribution in [0.2, 0.25) is 0 Å². The van der Waals surface area contributed by atoms with E-state index >= 15 is 0 Å². The molecule has 0 radical (unpaired) electrons. The monoisotopic (exact) mass is 312 g/mol. The molecular formula is C18H24N4O. The van der Waals surface area contributed by atoms with Crippen LogP contribution in [-0.2, 0) is 6.42 Å². The van der Waals surface area contributed by atoms with Gasteiger partial charge < -0.3 is 10.0 Å². The quantitative estimate of drug-likeness (QED) is 0.908. The molecule has 1 aromatic carbocycles. The van der Waals surface area contributed by atoms with E-state index in [0.29, 0.717) is 0 Å². The van der Waals surface area contributed by atoms with Gasteiger partial charge in [0.25, 0.3) is 0 Å². The minimum Gasteiger partial charge on any atom is -0.392 e. The van der Waals surface area contributed by atoms with Crippen molar-refractivity contribution in [3.05, 3.63) is 54.0 Å². The molecule has 5 heteroatoms. The zero-order valence-corrected chi connectivity index (χ0v) is 13.6. The number of aromatic nitrogens is 2. The fraction of sp³-hybridized carbons (Fsp3) is 0.444. The Bertz CT molecular complexity index is 609. The molecule has 0 amide bonds. The number of β-amino-alcohol motifs (C(OH)–C–C–N with tert-alkyl or cyclic N) is 1. The van der Waals surface area contributed by atoms with Crippen LogP contribution in [0, 0.1) is 0 Å². The van der Waals surface area contributed by atoms with Crippen LogP contribution in [0.3, 0.4) is 0 Å². The highest BCUT2D eigenvalue weighted by atomic mass is 16.3. The standard InChI is InChI=1S/C18H24N4O/c1-15(23)14-21-9-11-22(12-10-21)18-7-8-19-17(20-18)13-16-5-3-2-4-6-16/h2-8,15,23H,9-14H2,1H3/t15-/m1/s1. The van der Waals surface area contributed by atoms with Crippen molar-refractivity contribution in [1.29, 1.82) is 0 Å². The molecule has 122 valence electrons. The number of aliphatic hydroxyl groups excluding tert-OH is 1. The van der Waals surface area contributed by atoms with Gasteiger partial charge >= 0.3 is 0 Å². The predicted octanol–water partition coefficient (Wildman–Crippen LogP) is 1.57. The number of rotatable bonds is 5. The predicted molar refractivity (Wildman–Crippen MR) is 91.6 cm³/mol. The molecule has 0 bridgehead atoms. The Morgan fingerprint density at radius 1 is 1.09 bits per heavy atom. The zero-order valence-electron chi connectivity index (χ0n) is 13.6. The Labute approximate surface area is 137 Å². The molecule has 3 rings (SSSR count). The van der Waals surface area contributed by atoms with Gasteiger partial charge in [0.1, 0.15) is 11.6 Å². The number of aliphatic hydroxyl groups is 1. The Kier molecular flexibility index (Phi) is 5.20. The third kappa shape index (κ3) is 4.50. The van der Waals surface area contributed by atoms with E-state index < -0.39 is 0 Å². The minimum absolute atomic E-state index is 0.266. The molecule has 1 N–H and O–H groups in total. The molecule has 2 aromatic rings. The molecule has 1 aromatic heterocycles. The maximum absolute atomic E-state index is 9.49. The molecule has 0 aliphatic carbocycles. The van der Waals surface area contributed by atoms with Gasteiger partial charge in [-0.25, -0.2) is 9.97 Å². The highest BCUT2D eigenvalue weighted by Gasteiger charge is 2.19. The topological polar surface area (TPSA) is 52.5 Å². The molecule has 1 aliphatic rings. The second-order valence-corrected chi connectivity index (χ2v) is 6.13. The second-order valence-electron chi connectivity index (χ2n) is 6.13. The largest absolute Gasteiger partial charge is 0.392 e. The number of nitrogens with zero attached hydrogens (tertiary/aromatic N) is 4. The van der Waals surface area contributed by atoms with E-state index in [2.05, 4.69) is 26.9 Å². The molecule has 0 unspecified atom stereocenters. The number of hydrogen-bond acceptors (Lipinski definition) is 5. The van der Waals surface area contributed by atoms with Gasteiger partial charge in [-0.2, -0.15) is 0 Å². The maximum atomic E-state index is 9.49. The first kappa shape index (κ1) is 15.9. The van der Waals surface area contributed by atoms with Crippen molar-refractivity contribution in [3.63, 3.8) is 0 Å². The van der Waals surface area contributed by atoms with Crippen molar-refractivity contribution in [2.75, 3.05) is 37.6 Å². The van der Waals surface area contributed by atoms with Crippen molar-refractivity contribution >= 4 is 5.82 Å². The first-order valence-electron chi connectivity index (χ1n) is 8.22. The van der Waals surface area contributed by atoms with Gasteiger partial charge in [-0.15, -0.1) is 0 Å². The van der Waals surface area contributed by atoms with Crippen LogP contribution < -0.4 is 4.90 Å². The van der Waals surface area contributed by atoms with E-state index in [1.54, 1.807) is 0 Å². The summed E-state index contributed by atoms with van der Waals surface area (Å²) in [6.07, 6.45) is 2.34. The van der Waals surface area contributed by atoms with Crippen molar-refractivity contribution < 1.29 is 5.11 Å². The summed E-state index contributed by atoms with van der Waals surface area (Å²) in [7, 11) is 0. The fourth-order valence-corrected chi connectivity index (χ4v) is 2.96. The first-order valence-corrected chi connectivity index (χ1v) is 8.22. The molecule has 5 nitrogen and oxygen atoms in total. The SMILES string of the molecule is C[C@@H](O)CN1CCN(c2ccnc(Cc3ccccc3)n2)CC1. The lowest BCUT2D eigenvalue weighted by molar-refractivity contribution is 0.122. The van der Waals surface area contributed by atoms with E-state index in [4.69, 9.17) is 4.98 Å². The Balaban J connectivity index is 1.62. The van der Waals surface area contributed by atoms with E-state index in [9.17, 15) is 5.11 Å². The van der Waals surface area contributed by atoms with Gasteiger partial charge in [-0.3, -0.25) is 4.90 Å². The summed E-state index contributed by atoms with van der Waals surface area (Å²) < 4.78 is 0. The number of hydrogen-bond donors (Lipinski definition) is 1. The molecule has 0 saturated carbocycles. The lowest BCUT2D eigenvalue weighted by Crippen LogP contribution is -2.48. The van der Waals surface area contributed by atoms with Gasteiger partial charge in [0.2, 0.25) is 0 Å². The van der Waals surface area contributed by atoms with Crippen molar-refractivity contribution in [2.24, 2.45) is 0 Å². The molecule has 2 heterocycles. The van der Waals surface area contributed by atoms with Gasteiger partial charge in [-0.1, -0.05) is 30.3 Å². The first-order chi connectivity index (χ1) is 11.2. The van der Waals surface area contributed by atoms with Gasteiger partial charge in [0.05, 0.1) is 6.10 Å². The van der Waals surface area contributed by atoms with Gasteiger partial charge in [0, 0.05) is 45.3 Å². The lowest BCUT2D eigenvalue weighted by Gasteiger charge is -2.35. The number of benzene rings is 1. The molecule has 1 saturated heterocycles. The zero-order chi connectivity index (χ0) is 16.1. The van der Waals surface area contributed by atoms with Crippen molar-refractivity contribution in [3.8, 4) is 0 Å². The Hall–Kier alpha value is -1.98. The van der Waals surface area contributed by atoms with E-state index in [1.807, 2.05) is 37.4 Å². The summed E-state index contributed by atoms with van der Waals surface area (Å²) in [6, 6.07) is 12.3. The van der Waals surface area contributed by atoms with E-state index in [0.717, 1.165) is 50.8 Å². The summed E-state index contributed by atoms with van der Waals surface area (Å²) >= 11 is 0. The highest BCUT2D eigenvalue weighted by molar-refractivity contribution is 5.38. The summed E-state index contributed by atoms with van der Waals surface area (Å²) in [5, 5.41) is 9.49. The van der Waals surface area contributed by atoms with Gasteiger partial charge in [-0.05, 0) is 18.6 Å². The van der Waals surface area contributed by atoms with Crippen LogP contribution >= 0.6 is 0 Å². The molecule has 1 fully saturated rings. The van der Waals surface area contributed by atoms with Crippen LogP contribution in [-0.4, -0.2) is 58.8 Å². The third-order valence-electron chi connectivity index (χ3n) is 4.11. The summed E-state index contributed by atoms with van der Waals surface area (Å²) in [5.41, 5.74) is 1.23. The number of anilines is 1. The average molecular weight is 312 g/mol. The van der Waals surface area contributed by atoms with Crippen LogP contribution in [0.1, 0.15) is 18.3 Å². The maximum Gasteiger partial charge on any atom is 0.135 e. The third-order valence-corrected chi connectivity index (χ3v) is 4.11. The molecule has 1 aliphatic heterocycles. The van der Waals surface area contributed by atoms with E-state index in [1.165, 1.54) is 5.56 Å². The fourth-order valence-electron chi connectivity index (χ4n) is 2.96. The summed E-state index contributed by atoms with van der Waals surface area (Å²) in [6.45, 7) is 6.39. The highest BCUT2D eigenvalue weighted by Crippen LogP contribution is 2.15.